The Kier molecular flexibility index (Phi) is 7.68. The summed E-state index contributed by atoms with van der Waals surface area (Å²) in [6.07, 6.45) is 4.90. The van der Waals surface area contributed by atoms with E-state index >= 15 is 0 Å². The Balaban J connectivity index is 1.40. The molecule has 2 amide bonds. The van der Waals surface area contributed by atoms with Gasteiger partial charge >= 0.3 is 0 Å². The minimum atomic E-state index is -0.284. The first-order valence-electron chi connectivity index (χ1n) is 11.7. The molecule has 0 aliphatic carbocycles. The minimum absolute atomic E-state index is 0.226. The molecule has 2 aromatic carbocycles. The van der Waals surface area contributed by atoms with Crippen LogP contribution in [0.15, 0.2) is 54.6 Å². The predicted molar refractivity (Wildman–Crippen MR) is 139 cm³/mol. The van der Waals surface area contributed by atoms with Crippen LogP contribution in [0.1, 0.15) is 40.8 Å². The van der Waals surface area contributed by atoms with E-state index in [0.717, 1.165) is 36.2 Å². The van der Waals surface area contributed by atoms with Gasteiger partial charge in [-0.3, -0.25) is 14.5 Å². The molecule has 0 radical (unpaired) electrons. The van der Waals surface area contributed by atoms with Crippen LogP contribution in [0.5, 0.6) is 0 Å². The lowest BCUT2D eigenvalue weighted by Crippen LogP contribution is -2.39. The van der Waals surface area contributed by atoms with E-state index in [9.17, 15) is 9.59 Å². The molecule has 8 heteroatoms. The maximum Gasteiger partial charge on any atom is 0.248 e. The third kappa shape index (κ3) is 6.18. The summed E-state index contributed by atoms with van der Waals surface area (Å²) in [4.78, 5) is 26.3. The molecule has 1 aromatic heterocycles. The van der Waals surface area contributed by atoms with Crippen LogP contribution in [0.25, 0.3) is 6.08 Å². The number of aryl methyl sites for hydroxylation is 2. The van der Waals surface area contributed by atoms with Crippen molar-refractivity contribution in [2.24, 2.45) is 5.73 Å². The number of likely N-dealkylation sites (tertiary alicyclic amines) is 1. The molecule has 1 aliphatic heterocycles. The molecule has 35 heavy (non-hydrogen) atoms. The van der Waals surface area contributed by atoms with Gasteiger partial charge in [-0.05, 0) is 62.6 Å². The van der Waals surface area contributed by atoms with Crippen LogP contribution in [0, 0.1) is 13.8 Å². The topological polar surface area (TPSA) is 93.2 Å². The number of nitrogens with two attached hydrogens (primary N) is 1. The standard InChI is InChI=1S/C27H30ClN5O2/c1-18-8-10-20(11-9-18)17-33-26(28)23(19(2)31-33)12-13-25(34)30-22-6-3-5-21(15-22)16-32-14-4-7-24(32)27(29)35/h3,5-6,8-13,15,24H,4,7,14,16-17H2,1-2H3,(H2,29,35)(H,30,34)/b13-12+. The fraction of sp³-hybridized carbons (Fsp3) is 0.296. The van der Waals surface area contributed by atoms with E-state index in [0.29, 0.717) is 29.5 Å². The van der Waals surface area contributed by atoms with Gasteiger partial charge in [0.15, 0.2) is 0 Å². The maximum atomic E-state index is 12.6. The molecular weight excluding hydrogens is 462 g/mol. The number of nitrogens with zero attached hydrogens (tertiary/aromatic N) is 3. The van der Waals surface area contributed by atoms with Crippen LogP contribution in [0.4, 0.5) is 5.69 Å². The van der Waals surface area contributed by atoms with Gasteiger partial charge in [0.1, 0.15) is 5.15 Å². The number of rotatable bonds is 8. The maximum absolute atomic E-state index is 12.6. The van der Waals surface area contributed by atoms with E-state index in [1.165, 1.54) is 11.6 Å². The zero-order valence-corrected chi connectivity index (χ0v) is 20.8. The first-order valence-corrected chi connectivity index (χ1v) is 12.1. The van der Waals surface area contributed by atoms with E-state index in [4.69, 9.17) is 17.3 Å². The summed E-state index contributed by atoms with van der Waals surface area (Å²) in [5.74, 6) is -0.548. The molecule has 182 valence electrons. The monoisotopic (exact) mass is 491 g/mol. The Labute approximate surface area is 210 Å². The molecule has 1 unspecified atom stereocenters. The van der Waals surface area contributed by atoms with Crippen LogP contribution < -0.4 is 11.1 Å². The number of anilines is 1. The average Bonchev–Trinajstić information content (AvgIpc) is 3.38. The summed E-state index contributed by atoms with van der Waals surface area (Å²) in [5, 5.41) is 7.92. The van der Waals surface area contributed by atoms with Gasteiger partial charge in [0, 0.05) is 23.9 Å². The first kappa shape index (κ1) is 24.7. The van der Waals surface area contributed by atoms with Crippen molar-refractivity contribution < 1.29 is 9.59 Å². The predicted octanol–water partition coefficient (Wildman–Crippen LogP) is 4.30. The molecule has 1 aliphatic rings. The van der Waals surface area contributed by atoms with Crippen LogP contribution in [-0.2, 0) is 22.7 Å². The minimum Gasteiger partial charge on any atom is -0.368 e. The lowest BCUT2D eigenvalue weighted by Gasteiger charge is -2.22. The lowest BCUT2D eigenvalue weighted by atomic mass is 10.1. The molecule has 0 bridgehead atoms. The van der Waals surface area contributed by atoms with Crippen LogP contribution in [-0.4, -0.2) is 39.1 Å². The molecule has 0 saturated carbocycles. The second-order valence-corrected chi connectivity index (χ2v) is 9.34. The Morgan fingerprint density at radius 1 is 1.14 bits per heavy atom. The number of halogens is 1. The van der Waals surface area contributed by atoms with Gasteiger partial charge < -0.3 is 11.1 Å². The SMILES string of the molecule is Cc1ccc(Cn2nc(C)c(/C=C/C(=O)Nc3cccc(CN4CCCC4C(N)=O)c3)c2Cl)cc1. The molecule has 7 nitrogen and oxygen atoms in total. The Morgan fingerprint density at radius 3 is 2.66 bits per heavy atom. The highest BCUT2D eigenvalue weighted by molar-refractivity contribution is 6.31. The van der Waals surface area contributed by atoms with Crippen molar-refractivity contribution in [3.05, 3.63) is 87.7 Å². The van der Waals surface area contributed by atoms with Crippen LogP contribution in [0.2, 0.25) is 5.15 Å². The Morgan fingerprint density at radius 2 is 1.91 bits per heavy atom. The van der Waals surface area contributed by atoms with E-state index in [-0.39, 0.29) is 17.9 Å². The van der Waals surface area contributed by atoms with Crippen LogP contribution >= 0.6 is 11.6 Å². The summed E-state index contributed by atoms with van der Waals surface area (Å²) < 4.78 is 1.74. The molecule has 4 rings (SSSR count). The van der Waals surface area contributed by atoms with E-state index < -0.39 is 0 Å². The molecule has 3 N–H and O–H groups in total. The van der Waals surface area contributed by atoms with Gasteiger partial charge in [-0.1, -0.05) is 53.6 Å². The van der Waals surface area contributed by atoms with Crippen molar-refractivity contribution in [3.63, 3.8) is 0 Å². The highest BCUT2D eigenvalue weighted by atomic mass is 35.5. The van der Waals surface area contributed by atoms with Crippen molar-refractivity contribution in [3.8, 4) is 0 Å². The van der Waals surface area contributed by atoms with Gasteiger partial charge in [0.25, 0.3) is 0 Å². The van der Waals surface area contributed by atoms with E-state index in [2.05, 4.69) is 39.6 Å². The summed E-state index contributed by atoms with van der Waals surface area (Å²) in [7, 11) is 0. The highest BCUT2D eigenvalue weighted by Crippen LogP contribution is 2.23. The van der Waals surface area contributed by atoms with E-state index in [1.54, 1.807) is 10.8 Å². The summed E-state index contributed by atoms with van der Waals surface area (Å²) in [5.41, 5.74) is 11.0. The Bertz CT molecular complexity index is 1250. The highest BCUT2D eigenvalue weighted by Gasteiger charge is 2.28. The summed E-state index contributed by atoms with van der Waals surface area (Å²) in [6.45, 7) is 5.93. The van der Waals surface area contributed by atoms with Gasteiger partial charge in [0.2, 0.25) is 11.8 Å². The molecule has 0 spiro atoms. The zero-order valence-electron chi connectivity index (χ0n) is 20.0. The second kappa shape index (κ2) is 10.9. The third-order valence-corrected chi connectivity index (χ3v) is 6.63. The third-order valence-electron chi connectivity index (χ3n) is 6.24. The molecule has 1 saturated heterocycles. The van der Waals surface area contributed by atoms with Crippen LogP contribution in [0.3, 0.4) is 0 Å². The fourth-order valence-electron chi connectivity index (χ4n) is 4.39. The molecular formula is C27H30ClN5O2. The van der Waals surface area contributed by atoms with Gasteiger partial charge in [0.05, 0.1) is 18.3 Å². The van der Waals surface area contributed by atoms with Gasteiger partial charge in [-0.15, -0.1) is 0 Å². The van der Waals surface area contributed by atoms with Gasteiger partial charge in [-0.25, -0.2) is 4.68 Å². The second-order valence-electron chi connectivity index (χ2n) is 8.99. The van der Waals surface area contributed by atoms with Crippen molar-refractivity contribution >= 4 is 35.2 Å². The lowest BCUT2D eigenvalue weighted by molar-refractivity contribution is -0.122. The summed E-state index contributed by atoms with van der Waals surface area (Å²) >= 11 is 6.57. The summed E-state index contributed by atoms with van der Waals surface area (Å²) in [6, 6.07) is 15.6. The average molecular weight is 492 g/mol. The number of benzene rings is 2. The number of hydrogen-bond donors (Lipinski definition) is 2. The number of hydrogen-bond acceptors (Lipinski definition) is 4. The smallest absolute Gasteiger partial charge is 0.248 e. The van der Waals surface area contributed by atoms with Gasteiger partial charge in [-0.2, -0.15) is 5.10 Å². The normalized spacial score (nSPS) is 16.1. The number of primary amides is 1. The van der Waals surface area contributed by atoms with E-state index in [1.807, 2.05) is 38.1 Å². The van der Waals surface area contributed by atoms with Crippen molar-refractivity contribution in [1.82, 2.24) is 14.7 Å². The Hall–Kier alpha value is -3.42. The van der Waals surface area contributed by atoms with Crippen molar-refractivity contribution in [2.75, 3.05) is 11.9 Å². The fourth-order valence-corrected chi connectivity index (χ4v) is 4.69. The number of aromatic nitrogens is 2. The first-order chi connectivity index (χ1) is 16.8. The van der Waals surface area contributed by atoms with Crippen molar-refractivity contribution in [2.45, 2.75) is 45.8 Å². The molecule has 2 heterocycles. The van der Waals surface area contributed by atoms with Crippen molar-refractivity contribution in [1.29, 1.82) is 0 Å². The number of carbonyl (C=O) groups is 2. The number of nitrogens with one attached hydrogen (secondary N) is 1. The number of carbonyl (C=O) groups excluding carboxylic acids is 2. The molecule has 3 aromatic rings. The number of amides is 2. The quantitative estimate of drug-likeness (QED) is 0.459. The zero-order chi connectivity index (χ0) is 24.9. The largest absolute Gasteiger partial charge is 0.368 e. The molecule has 1 atom stereocenters. The molecule has 1 fully saturated rings.